The van der Waals surface area contributed by atoms with Crippen LogP contribution >= 0.6 is 0 Å². The van der Waals surface area contributed by atoms with Gasteiger partial charge in [0.15, 0.2) is 0 Å². The average Bonchev–Trinajstić information content (AvgIpc) is 2.52. The number of hydrogen-bond donors (Lipinski definition) is 1. The quantitative estimate of drug-likeness (QED) is 0.770. The number of hydrogen-bond acceptors (Lipinski definition) is 3. The topological polar surface area (TPSA) is 36.4 Å². The molecule has 1 aliphatic heterocycles. The first-order valence-electron chi connectivity index (χ1n) is 8.07. The smallest absolute Gasteiger partial charge is 0.117 e. The molecule has 0 bridgehead atoms. The Labute approximate surface area is 145 Å². The van der Waals surface area contributed by atoms with Crippen LogP contribution in [0.25, 0.3) is 6.08 Å². The fourth-order valence-electron chi connectivity index (χ4n) is 2.43. The van der Waals surface area contributed by atoms with Gasteiger partial charge in [0.1, 0.15) is 5.76 Å². The summed E-state index contributed by atoms with van der Waals surface area (Å²) in [6.07, 6.45) is 11.6. The maximum absolute atomic E-state index is 9.84. The Morgan fingerprint density at radius 1 is 1.25 bits per heavy atom. The van der Waals surface area contributed by atoms with Crippen LogP contribution in [0.2, 0.25) is 0 Å². The Morgan fingerprint density at radius 2 is 1.88 bits per heavy atom. The Kier molecular flexibility index (Phi) is 5.13. The van der Waals surface area contributed by atoms with Gasteiger partial charge < -0.3 is 10.0 Å². The van der Waals surface area contributed by atoms with Gasteiger partial charge in [0, 0.05) is 35.9 Å². The maximum Gasteiger partial charge on any atom is 0.117 e. The van der Waals surface area contributed by atoms with Gasteiger partial charge in [-0.1, -0.05) is 40.0 Å². The summed E-state index contributed by atoms with van der Waals surface area (Å²) in [4.78, 5) is 6.21. The molecular formula is C21H26N2O. The number of aliphatic hydroxyl groups is 1. The van der Waals surface area contributed by atoms with Gasteiger partial charge in [0.2, 0.25) is 0 Å². The van der Waals surface area contributed by atoms with E-state index in [2.05, 4.69) is 62.9 Å². The molecule has 0 aromatic carbocycles. The van der Waals surface area contributed by atoms with Gasteiger partial charge in [0.05, 0.1) is 0 Å². The van der Waals surface area contributed by atoms with Gasteiger partial charge in [-0.3, -0.25) is 4.98 Å². The molecule has 1 aromatic heterocycles. The SMILES string of the molecule is C=C(O)C1=CN(C(C)C(C)(C)C)C(/C=C/c2ccncc2)=CC1=C. The molecule has 1 N–H and O–H groups in total. The molecule has 0 aliphatic carbocycles. The molecule has 1 aliphatic rings. The molecule has 0 amide bonds. The summed E-state index contributed by atoms with van der Waals surface area (Å²) < 4.78 is 0. The summed E-state index contributed by atoms with van der Waals surface area (Å²) in [6, 6.07) is 4.15. The van der Waals surface area contributed by atoms with E-state index in [4.69, 9.17) is 0 Å². The molecule has 0 saturated heterocycles. The van der Waals surface area contributed by atoms with E-state index in [0.29, 0.717) is 5.57 Å². The highest BCUT2D eigenvalue weighted by atomic mass is 16.3. The third-order valence-corrected chi connectivity index (χ3v) is 4.37. The molecule has 0 radical (unpaired) electrons. The molecule has 24 heavy (non-hydrogen) atoms. The molecule has 1 aromatic rings. The first-order valence-corrected chi connectivity index (χ1v) is 8.07. The largest absolute Gasteiger partial charge is 0.508 e. The molecule has 0 saturated carbocycles. The van der Waals surface area contributed by atoms with Crippen molar-refractivity contribution in [3.8, 4) is 0 Å². The van der Waals surface area contributed by atoms with Crippen molar-refractivity contribution in [3.05, 3.63) is 84.2 Å². The summed E-state index contributed by atoms with van der Waals surface area (Å²) in [5.41, 5.74) is 3.62. The second-order valence-corrected chi connectivity index (χ2v) is 7.15. The molecule has 3 heteroatoms. The Balaban J connectivity index is 2.40. The van der Waals surface area contributed by atoms with Crippen LogP contribution in [0.5, 0.6) is 0 Å². The number of nitrogens with zero attached hydrogens (tertiary/aromatic N) is 2. The van der Waals surface area contributed by atoms with E-state index >= 15 is 0 Å². The number of aliphatic hydroxyl groups excluding tert-OH is 1. The van der Waals surface area contributed by atoms with E-state index in [1.807, 2.05) is 24.4 Å². The molecular weight excluding hydrogens is 296 g/mol. The zero-order valence-corrected chi connectivity index (χ0v) is 15.0. The summed E-state index contributed by atoms with van der Waals surface area (Å²) in [5.74, 6) is 0.0412. The van der Waals surface area contributed by atoms with E-state index in [0.717, 1.165) is 16.8 Å². The summed E-state index contributed by atoms with van der Waals surface area (Å²) >= 11 is 0. The van der Waals surface area contributed by atoms with E-state index in [1.54, 1.807) is 12.4 Å². The zero-order valence-electron chi connectivity index (χ0n) is 15.0. The van der Waals surface area contributed by atoms with Gasteiger partial charge in [0.25, 0.3) is 0 Å². The van der Waals surface area contributed by atoms with E-state index < -0.39 is 0 Å². The number of pyridine rings is 1. The standard InChI is InChI=1S/C21H26N2O/c1-15-13-19(8-7-18-9-11-22-12-10-18)23(14-20(15)16(2)24)17(3)21(4,5)6/h7-14,17,24H,1-2H2,3-6H3/b8-7+. The predicted octanol–water partition coefficient (Wildman–Crippen LogP) is 5.24. The van der Waals surface area contributed by atoms with Gasteiger partial charge in [-0.15, -0.1) is 0 Å². The van der Waals surface area contributed by atoms with E-state index in [1.165, 1.54) is 0 Å². The Bertz CT molecular complexity index is 718. The molecule has 0 fully saturated rings. The lowest BCUT2D eigenvalue weighted by Gasteiger charge is -2.40. The first-order chi connectivity index (χ1) is 11.2. The van der Waals surface area contributed by atoms with Crippen molar-refractivity contribution < 1.29 is 5.11 Å². The summed E-state index contributed by atoms with van der Waals surface area (Å²) in [5, 5.41) is 9.84. The van der Waals surface area contributed by atoms with Gasteiger partial charge >= 0.3 is 0 Å². The lowest BCUT2D eigenvalue weighted by Crippen LogP contribution is -2.39. The van der Waals surface area contributed by atoms with Gasteiger partial charge in [-0.05, 0) is 47.8 Å². The van der Waals surface area contributed by atoms with Crippen molar-refractivity contribution in [2.24, 2.45) is 5.41 Å². The van der Waals surface area contributed by atoms with Crippen LogP contribution in [0.4, 0.5) is 0 Å². The lowest BCUT2D eigenvalue weighted by atomic mass is 9.85. The maximum atomic E-state index is 9.84. The highest BCUT2D eigenvalue weighted by Gasteiger charge is 2.28. The fourth-order valence-corrected chi connectivity index (χ4v) is 2.43. The molecule has 3 nitrogen and oxygen atoms in total. The Hall–Kier alpha value is -2.55. The molecule has 2 heterocycles. The van der Waals surface area contributed by atoms with Gasteiger partial charge in [-0.25, -0.2) is 0 Å². The van der Waals surface area contributed by atoms with Crippen LogP contribution in [-0.4, -0.2) is 21.0 Å². The summed E-state index contributed by atoms with van der Waals surface area (Å²) in [6.45, 7) is 16.5. The van der Waals surface area contributed by atoms with Crippen LogP contribution in [0.15, 0.2) is 78.6 Å². The third-order valence-electron chi connectivity index (χ3n) is 4.37. The minimum atomic E-state index is 0.0412. The fraction of sp³-hybridized carbons (Fsp3) is 0.286. The minimum Gasteiger partial charge on any atom is -0.508 e. The van der Waals surface area contributed by atoms with Crippen LogP contribution in [0, 0.1) is 5.41 Å². The normalized spacial score (nSPS) is 16.8. The second-order valence-electron chi connectivity index (χ2n) is 7.15. The van der Waals surface area contributed by atoms with Crippen LogP contribution in [0.1, 0.15) is 33.3 Å². The van der Waals surface area contributed by atoms with Crippen molar-refractivity contribution in [3.63, 3.8) is 0 Å². The second kappa shape index (κ2) is 6.91. The first kappa shape index (κ1) is 17.8. The lowest BCUT2D eigenvalue weighted by molar-refractivity contribution is 0.196. The highest BCUT2D eigenvalue weighted by Crippen LogP contribution is 2.34. The van der Waals surface area contributed by atoms with Crippen molar-refractivity contribution in [1.29, 1.82) is 0 Å². The minimum absolute atomic E-state index is 0.0412. The molecule has 0 spiro atoms. The third kappa shape index (κ3) is 4.05. The zero-order chi connectivity index (χ0) is 17.9. The van der Waals surface area contributed by atoms with Crippen molar-refractivity contribution in [1.82, 2.24) is 9.88 Å². The molecule has 1 unspecified atom stereocenters. The number of allylic oxidation sites excluding steroid dienone is 3. The number of rotatable bonds is 4. The number of aromatic nitrogens is 1. The molecule has 2 rings (SSSR count). The molecule has 126 valence electrons. The van der Waals surface area contributed by atoms with Crippen molar-refractivity contribution in [2.45, 2.75) is 33.7 Å². The van der Waals surface area contributed by atoms with E-state index in [-0.39, 0.29) is 17.2 Å². The average molecular weight is 322 g/mol. The van der Waals surface area contributed by atoms with Gasteiger partial charge in [-0.2, -0.15) is 0 Å². The van der Waals surface area contributed by atoms with Crippen LogP contribution in [0.3, 0.4) is 0 Å². The van der Waals surface area contributed by atoms with Crippen molar-refractivity contribution in [2.75, 3.05) is 0 Å². The summed E-state index contributed by atoms with van der Waals surface area (Å²) in [7, 11) is 0. The molecule has 1 atom stereocenters. The van der Waals surface area contributed by atoms with Crippen molar-refractivity contribution >= 4 is 6.08 Å². The Morgan fingerprint density at radius 3 is 2.42 bits per heavy atom. The van der Waals surface area contributed by atoms with E-state index in [9.17, 15) is 5.11 Å². The van der Waals surface area contributed by atoms with Crippen LogP contribution < -0.4 is 0 Å². The predicted molar refractivity (Wildman–Crippen MR) is 101 cm³/mol. The van der Waals surface area contributed by atoms with Crippen LogP contribution in [-0.2, 0) is 0 Å². The monoisotopic (exact) mass is 322 g/mol. The highest BCUT2D eigenvalue weighted by molar-refractivity contribution is 5.57.